The van der Waals surface area contributed by atoms with Gasteiger partial charge in [0, 0.05) is 32.1 Å². The number of likely N-dealkylation sites (tertiary alicyclic amines) is 1. The Morgan fingerprint density at radius 1 is 1.05 bits per heavy atom. The van der Waals surface area contributed by atoms with Crippen LogP contribution in [0.15, 0.2) is 0 Å². The summed E-state index contributed by atoms with van der Waals surface area (Å²) in [5.74, 6) is 0.455. The number of primary amides is 1. The molecule has 0 aromatic carbocycles. The molecule has 0 aromatic heterocycles. The lowest BCUT2D eigenvalue weighted by molar-refractivity contribution is -0.137. The second-order valence-electron chi connectivity index (χ2n) is 5.88. The Kier molecular flexibility index (Phi) is 3.12. The zero-order valence-electron chi connectivity index (χ0n) is 11.1. The molecule has 3 rings (SSSR count). The monoisotopic (exact) mass is 267 g/mol. The fourth-order valence-corrected chi connectivity index (χ4v) is 3.43. The highest BCUT2D eigenvalue weighted by molar-refractivity contribution is 5.83. The first-order chi connectivity index (χ1) is 9.12. The van der Waals surface area contributed by atoms with Crippen molar-refractivity contribution in [2.45, 2.75) is 19.3 Å². The van der Waals surface area contributed by atoms with E-state index < -0.39 is 0 Å². The number of hydrogen-bond donors (Lipinski definition) is 1. The fourth-order valence-electron chi connectivity index (χ4n) is 3.43. The van der Waals surface area contributed by atoms with Crippen LogP contribution in [0.25, 0.3) is 0 Å². The summed E-state index contributed by atoms with van der Waals surface area (Å²) in [5, 5.41) is 0. The maximum atomic E-state index is 12.4. The number of urea groups is 1. The van der Waals surface area contributed by atoms with Gasteiger partial charge < -0.3 is 20.3 Å². The molecule has 0 bridgehead atoms. The quantitative estimate of drug-likeness (QED) is 0.728. The van der Waals surface area contributed by atoms with Gasteiger partial charge >= 0.3 is 6.03 Å². The van der Waals surface area contributed by atoms with Crippen LogP contribution >= 0.6 is 0 Å². The highest BCUT2D eigenvalue weighted by Crippen LogP contribution is 2.60. The summed E-state index contributed by atoms with van der Waals surface area (Å²) in [5.41, 5.74) is 5.44. The zero-order valence-corrected chi connectivity index (χ0v) is 11.1. The first kappa shape index (κ1) is 12.7. The van der Waals surface area contributed by atoms with Gasteiger partial charge in [-0.15, -0.1) is 0 Å². The van der Waals surface area contributed by atoms with E-state index >= 15 is 0 Å². The molecule has 1 saturated carbocycles. The van der Waals surface area contributed by atoms with Crippen LogP contribution in [-0.4, -0.2) is 61.1 Å². The van der Waals surface area contributed by atoms with Crippen LogP contribution in [-0.2, 0) is 9.53 Å². The van der Waals surface area contributed by atoms with E-state index in [9.17, 15) is 9.59 Å². The van der Waals surface area contributed by atoms with E-state index in [1.165, 1.54) is 0 Å². The Morgan fingerprint density at radius 2 is 1.68 bits per heavy atom. The molecule has 0 radical (unpaired) electrons. The minimum atomic E-state index is -0.341. The number of nitrogens with two attached hydrogens (primary N) is 1. The van der Waals surface area contributed by atoms with Gasteiger partial charge in [-0.25, -0.2) is 4.79 Å². The highest BCUT2D eigenvalue weighted by atomic mass is 16.5. The molecule has 2 aliphatic heterocycles. The van der Waals surface area contributed by atoms with Gasteiger partial charge in [-0.1, -0.05) is 0 Å². The molecule has 6 heteroatoms. The molecule has 3 aliphatic rings. The number of morpholine rings is 1. The van der Waals surface area contributed by atoms with E-state index in [1.807, 2.05) is 4.90 Å². The minimum Gasteiger partial charge on any atom is -0.378 e. The predicted octanol–water partition coefficient (Wildman–Crippen LogP) is 0.0260. The van der Waals surface area contributed by atoms with Crippen molar-refractivity contribution >= 4 is 11.9 Å². The molecule has 2 N–H and O–H groups in total. The average molecular weight is 267 g/mol. The maximum absolute atomic E-state index is 12.4. The summed E-state index contributed by atoms with van der Waals surface area (Å²) >= 11 is 0. The predicted molar refractivity (Wildman–Crippen MR) is 68.3 cm³/mol. The van der Waals surface area contributed by atoms with Crippen LogP contribution in [0, 0.1) is 11.3 Å². The maximum Gasteiger partial charge on any atom is 0.314 e. The number of ether oxygens (including phenoxy) is 1. The summed E-state index contributed by atoms with van der Waals surface area (Å²) in [4.78, 5) is 27.1. The third-order valence-electron chi connectivity index (χ3n) is 4.88. The molecule has 0 aromatic rings. The van der Waals surface area contributed by atoms with Gasteiger partial charge in [-0.2, -0.15) is 0 Å². The SMILES string of the molecule is NC(=O)N1CCC2(CC1)CC2C(=O)N1CCOCC1. The van der Waals surface area contributed by atoms with Gasteiger partial charge in [-0.05, 0) is 24.7 Å². The highest BCUT2D eigenvalue weighted by Gasteiger charge is 2.59. The molecule has 19 heavy (non-hydrogen) atoms. The molecule has 6 nitrogen and oxygen atoms in total. The lowest BCUT2D eigenvalue weighted by Gasteiger charge is -2.33. The van der Waals surface area contributed by atoms with Crippen LogP contribution in [0.5, 0.6) is 0 Å². The van der Waals surface area contributed by atoms with E-state index in [0.717, 1.165) is 32.4 Å². The Hall–Kier alpha value is -1.30. The minimum absolute atomic E-state index is 0.154. The number of nitrogens with zero attached hydrogens (tertiary/aromatic N) is 2. The molecular formula is C13H21N3O3. The van der Waals surface area contributed by atoms with Crippen molar-refractivity contribution in [2.24, 2.45) is 17.1 Å². The molecule has 2 heterocycles. The van der Waals surface area contributed by atoms with Crippen molar-refractivity contribution in [1.29, 1.82) is 0 Å². The summed E-state index contributed by atoms with van der Waals surface area (Å²) in [6.45, 7) is 4.14. The summed E-state index contributed by atoms with van der Waals surface area (Å²) in [6, 6.07) is -0.341. The number of hydrogen-bond acceptors (Lipinski definition) is 3. The topological polar surface area (TPSA) is 75.9 Å². The van der Waals surface area contributed by atoms with E-state index in [-0.39, 0.29) is 23.3 Å². The smallest absolute Gasteiger partial charge is 0.314 e. The Bertz CT molecular complexity index is 385. The second-order valence-corrected chi connectivity index (χ2v) is 5.88. The standard InChI is InChI=1S/C13H21N3O3/c14-12(18)16-3-1-13(2-4-16)9-10(13)11(17)15-5-7-19-8-6-15/h10H,1-9H2,(H2,14,18). The summed E-state index contributed by atoms with van der Waals surface area (Å²) < 4.78 is 5.28. The van der Waals surface area contributed by atoms with Crippen molar-refractivity contribution in [3.05, 3.63) is 0 Å². The van der Waals surface area contributed by atoms with Crippen molar-refractivity contribution in [2.75, 3.05) is 39.4 Å². The Morgan fingerprint density at radius 3 is 2.26 bits per heavy atom. The third-order valence-corrected chi connectivity index (χ3v) is 4.88. The summed E-state index contributed by atoms with van der Waals surface area (Å²) in [7, 11) is 0. The summed E-state index contributed by atoms with van der Waals surface area (Å²) in [6.07, 6.45) is 2.81. The molecule has 3 fully saturated rings. The molecule has 3 amide bonds. The molecule has 2 saturated heterocycles. The number of carbonyl (C=O) groups is 2. The molecular weight excluding hydrogens is 246 g/mol. The first-order valence-corrected chi connectivity index (χ1v) is 7.03. The van der Waals surface area contributed by atoms with Gasteiger partial charge in [0.2, 0.25) is 5.91 Å². The molecule has 1 unspecified atom stereocenters. The molecule has 1 aliphatic carbocycles. The van der Waals surface area contributed by atoms with Crippen molar-refractivity contribution < 1.29 is 14.3 Å². The second kappa shape index (κ2) is 4.67. The van der Waals surface area contributed by atoms with E-state index in [1.54, 1.807) is 4.90 Å². The van der Waals surface area contributed by atoms with Crippen molar-refractivity contribution in [1.82, 2.24) is 9.80 Å². The normalized spacial score (nSPS) is 29.4. The first-order valence-electron chi connectivity index (χ1n) is 7.03. The fraction of sp³-hybridized carbons (Fsp3) is 0.846. The molecule has 1 atom stereocenters. The lowest BCUT2D eigenvalue weighted by atomic mass is 9.90. The number of amides is 3. The van der Waals surface area contributed by atoms with Gasteiger partial charge in [0.15, 0.2) is 0 Å². The van der Waals surface area contributed by atoms with E-state index in [0.29, 0.717) is 26.3 Å². The van der Waals surface area contributed by atoms with Crippen LogP contribution in [0.4, 0.5) is 4.79 Å². The van der Waals surface area contributed by atoms with Crippen molar-refractivity contribution in [3.8, 4) is 0 Å². The molecule has 1 spiro atoms. The number of carbonyl (C=O) groups excluding carboxylic acids is 2. The molecule has 106 valence electrons. The van der Waals surface area contributed by atoms with E-state index in [2.05, 4.69) is 0 Å². The number of piperidine rings is 1. The van der Waals surface area contributed by atoms with Gasteiger partial charge in [-0.3, -0.25) is 4.79 Å². The average Bonchev–Trinajstić information content (AvgIpc) is 3.13. The lowest BCUT2D eigenvalue weighted by Crippen LogP contribution is -2.45. The van der Waals surface area contributed by atoms with Crippen molar-refractivity contribution in [3.63, 3.8) is 0 Å². The Labute approximate surface area is 112 Å². The van der Waals surface area contributed by atoms with Crippen LogP contribution < -0.4 is 5.73 Å². The van der Waals surface area contributed by atoms with Crippen LogP contribution in [0.3, 0.4) is 0 Å². The number of rotatable bonds is 1. The van der Waals surface area contributed by atoms with E-state index in [4.69, 9.17) is 10.5 Å². The van der Waals surface area contributed by atoms with Gasteiger partial charge in [0.25, 0.3) is 0 Å². The van der Waals surface area contributed by atoms with Gasteiger partial charge in [0.1, 0.15) is 0 Å². The Balaban J connectivity index is 1.55. The van der Waals surface area contributed by atoms with Crippen LogP contribution in [0.2, 0.25) is 0 Å². The zero-order chi connectivity index (χ0) is 13.5. The largest absolute Gasteiger partial charge is 0.378 e. The van der Waals surface area contributed by atoms with Crippen LogP contribution in [0.1, 0.15) is 19.3 Å². The third kappa shape index (κ3) is 2.29. The van der Waals surface area contributed by atoms with Gasteiger partial charge in [0.05, 0.1) is 13.2 Å².